The molecule has 0 unspecified atom stereocenters. The fraction of sp³-hybridized carbons (Fsp3) is 0.364. The molecule has 9 nitrogen and oxygen atoms in total. The molecule has 3 atom stereocenters. The molecule has 1 amide bonds. The molecule has 0 radical (unpaired) electrons. The fourth-order valence-corrected chi connectivity index (χ4v) is 5.06. The molecule has 2 fully saturated rings. The van der Waals surface area contributed by atoms with Crippen LogP contribution in [-0.2, 0) is 0 Å². The number of anilines is 1. The fourth-order valence-electron chi connectivity index (χ4n) is 4.24. The van der Waals surface area contributed by atoms with Crippen molar-refractivity contribution in [2.45, 2.75) is 38.8 Å². The number of carbonyl (C=O) groups is 2. The maximum Gasteiger partial charge on any atom is 0.358 e. The Balaban J connectivity index is 0.000000219. The number of thiazole rings is 1. The lowest BCUT2D eigenvalue weighted by Crippen LogP contribution is -2.42. The number of carbonyl (C=O) groups excluding carboxylic acids is 1. The van der Waals surface area contributed by atoms with Gasteiger partial charge >= 0.3 is 5.97 Å². The Bertz CT molecular complexity index is 1210. The van der Waals surface area contributed by atoms with Crippen LogP contribution in [0.25, 0.3) is 10.4 Å². The molecule has 1 aliphatic carbocycles. The number of piperidine rings is 1. The molecular formula is C22H24FN5O4S. The van der Waals surface area contributed by atoms with Crippen LogP contribution < -0.4 is 11.5 Å². The first-order valence-electron chi connectivity index (χ1n) is 10.4. The van der Waals surface area contributed by atoms with Crippen LogP contribution in [0.1, 0.15) is 45.5 Å². The Kier molecular flexibility index (Phi) is 6.17. The molecule has 3 heterocycles. The SMILES string of the molecule is Cc1nc(C(=O)O)c(C)o1.NC[C@@H]1C[C@@H]2C[C@@H]2N1C(=O)c1nc(N)sc1-c1cccc(F)c1. The highest BCUT2D eigenvalue weighted by Gasteiger charge is 2.54. The van der Waals surface area contributed by atoms with E-state index in [0.29, 0.717) is 45.4 Å². The van der Waals surface area contributed by atoms with Crippen LogP contribution in [0, 0.1) is 25.6 Å². The van der Waals surface area contributed by atoms with E-state index in [-0.39, 0.29) is 29.5 Å². The number of aromatic nitrogens is 2. The Labute approximate surface area is 193 Å². The summed E-state index contributed by atoms with van der Waals surface area (Å²) in [6.45, 7) is 3.64. The summed E-state index contributed by atoms with van der Waals surface area (Å²) in [5.74, 6) is -0.232. The van der Waals surface area contributed by atoms with Gasteiger partial charge in [0.15, 0.2) is 16.7 Å². The van der Waals surface area contributed by atoms with Crippen molar-refractivity contribution in [2.75, 3.05) is 12.3 Å². The summed E-state index contributed by atoms with van der Waals surface area (Å²) < 4.78 is 18.4. The maximum absolute atomic E-state index is 13.5. The molecule has 1 saturated heterocycles. The summed E-state index contributed by atoms with van der Waals surface area (Å²) in [6, 6.07) is 6.48. The van der Waals surface area contributed by atoms with E-state index in [9.17, 15) is 14.0 Å². The third kappa shape index (κ3) is 4.60. The predicted octanol–water partition coefficient (Wildman–Crippen LogP) is 3.08. The van der Waals surface area contributed by atoms with Crippen molar-refractivity contribution in [1.82, 2.24) is 14.9 Å². The van der Waals surface area contributed by atoms with Crippen LogP contribution in [0.5, 0.6) is 0 Å². The number of aromatic carboxylic acids is 1. The number of carboxylic acids is 1. The first kappa shape index (κ1) is 22.9. The van der Waals surface area contributed by atoms with E-state index in [1.807, 2.05) is 4.90 Å². The van der Waals surface area contributed by atoms with Crippen LogP contribution in [0.2, 0.25) is 0 Å². The second kappa shape index (κ2) is 8.91. The number of hydrogen-bond donors (Lipinski definition) is 3. The topological polar surface area (TPSA) is 149 Å². The minimum absolute atomic E-state index is 0.00231. The molecule has 2 aromatic heterocycles. The Morgan fingerprint density at radius 3 is 2.61 bits per heavy atom. The van der Waals surface area contributed by atoms with Gasteiger partial charge < -0.3 is 25.9 Å². The largest absolute Gasteiger partial charge is 0.476 e. The second-order valence-corrected chi connectivity index (χ2v) is 9.11. The summed E-state index contributed by atoms with van der Waals surface area (Å²) in [5.41, 5.74) is 12.6. The highest BCUT2D eigenvalue weighted by Crippen LogP contribution is 2.48. The molecular weight excluding hydrogens is 449 g/mol. The molecule has 33 heavy (non-hydrogen) atoms. The van der Waals surface area contributed by atoms with Crippen molar-refractivity contribution < 1.29 is 23.5 Å². The number of nitrogen functional groups attached to an aromatic ring is 1. The van der Waals surface area contributed by atoms with E-state index in [4.69, 9.17) is 21.0 Å². The van der Waals surface area contributed by atoms with Crippen molar-refractivity contribution in [2.24, 2.45) is 11.7 Å². The number of hydrogen-bond acceptors (Lipinski definition) is 8. The van der Waals surface area contributed by atoms with Gasteiger partial charge in [-0.25, -0.2) is 19.2 Å². The highest BCUT2D eigenvalue weighted by molar-refractivity contribution is 7.19. The lowest BCUT2D eigenvalue weighted by molar-refractivity contribution is 0.0684. The number of benzene rings is 1. The smallest absolute Gasteiger partial charge is 0.358 e. The monoisotopic (exact) mass is 473 g/mol. The summed E-state index contributed by atoms with van der Waals surface area (Å²) >= 11 is 1.21. The van der Waals surface area contributed by atoms with E-state index in [1.165, 1.54) is 23.5 Å². The molecule has 174 valence electrons. The number of amides is 1. The van der Waals surface area contributed by atoms with Gasteiger partial charge in [0.2, 0.25) is 0 Å². The number of fused-ring (bicyclic) bond motifs is 1. The Hall–Kier alpha value is -3.31. The van der Waals surface area contributed by atoms with Gasteiger partial charge in [-0.15, -0.1) is 0 Å². The van der Waals surface area contributed by atoms with Crippen LogP contribution in [0.15, 0.2) is 28.7 Å². The standard InChI is InChI=1S/C16H17FN4OS.C6H7NO3/c17-10-3-1-2-8(4-10)14-13(20-16(19)23-14)15(22)21-11(7-18)5-9-6-12(9)21;1-3-5(6(8)9)7-4(2)10-3/h1-4,9,11-12H,5-7,18H2,(H2,19,20);1-2H3,(H,8,9)/t9-,11+,12+;/m1./s1. The number of halogens is 1. The number of oxazole rings is 1. The molecule has 2 aliphatic rings. The molecule has 1 aromatic carbocycles. The number of rotatable bonds is 4. The van der Waals surface area contributed by atoms with Gasteiger partial charge in [0.25, 0.3) is 5.91 Å². The number of aryl methyl sites for hydroxylation is 2. The van der Waals surface area contributed by atoms with Gasteiger partial charge in [-0.1, -0.05) is 23.5 Å². The van der Waals surface area contributed by atoms with Crippen molar-refractivity contribution in [3.8, 4) is 10.4 Å². The second-order valence-electron chi connectivity index (χ2n) is 8.08. The summed E-state index contributed by atoms with van der Waals surface area (Å²) in [6.07, 6.45) is 2.00. The van der Waals surface area contributed by atoms with E-state index < -0.39 is 5.97 Å². The number of nitrogens with two attached hydrogens (primary N) is 2. The van der Waals surface area contributed by atoms with Crippen molar-refractivity contribution in [1.29, 1.82) is 0 Å². The molecule has 11 heteroatoms. The summed E-state index contributed by atoms with van der Waals surface area (Å²) in [5, 5.41) is 8.77. The third-order valence-corrected chi connectivity index (χ3v) is 6.69. The number of nitrogens with zero attached hydrogens (tertiary/aromatic N) is 3. The van der Waals surface area contributed by atoms with E-state index in [2.05, 4.69) is 9.97 Å². The van der Waals surface area contributed by atoms with Crippen LogP contribution in [-0.4, -0.2) is 50.5 Å². The molecule has 3 aromatic rings. The number of likely N-dealkylation sites (tertiary alicyclic amines) is 1. The van der Waals surface area contributed by atoms with Crippen molar-refractivity contribution in [3.05, 3.63) is 53.1 Å². The van der Waals surface area contributed by atoms with Crippen molar-refractivity contribution in [3.63, 3.8) is 0 Å². The molecule has 0 spiro atoms. The van der Waals surface area contributed by atoms with Crippen molar-refractivity contribution >= 4 is 28.3 Å². The van der Waals surface area contributed by atoms with Crippen LogP contribution in [0.4, 0.5) is 9.52 Å². The first-order chi connectivity index (χ1) is 15.7. The average Bonchev–Trinajstić information content (AvgIpc) is 3.07. The molecule has 5 rings (SSSR count). The normalized spacial score (nSPS) is 20.7. The maximum atomic E-state index is 13.5. The quantitative estimate of drug-likeness (QED) is 0.523. The molecule has 0 bridgehead atoms. The van der Waals surface area contributed by atoms with Gasteiger partial charge in [0.05, 0.1) is 4.88 Å². The zero-order valence-electron chi connectivity index (χ0n) is 18.1. The highest BCUT2D eigenvalue weighted by atomic mass is 32.1. The lowest BCUT2D eigenvalue weighted by atomic mass is 10.1. The minimum atomic E-state index is -1.05. The van der Waals surface area contributed by atoms with Crippen LogP contribution >= 0.6 is 11.3 Å². The van der Waals surface area contributed by atoms with E-state index in [0.717, 1.165) is 12.8 Å². The zero-order chi connectivity index (χ0) is 23.9. The first-order valence-corrected chi connectivity index (χ1v) is 11.2. The van der Waals surface area contributed by atoms with Gasteiger partial charge in [0, 0.05) is 25.6 Å². The van der Waals surface area contributed by atoms with Gasteiger partial charge in [-0.2, -0.15) is 0 Å². The zero-order valence-corrected chi connectivity index (χ0v) is 18.9. The van der Waals surface area contributed by atoms with Gasteiger partial charge in [0.1, 0.15) is 17.3 Å². The van der Waals surface area contributed by atoms with E-state index in [1.54, 1.807) is 26.0 Å². The molecule has 1 saturated carbocycles. The predicted molar refractivity (Wildman–Crippen MR) is 120 cm³/mol. The average molecular weight is 474 g/mol. The molecule has 5 N–H and O–H groups in total. The molecule has 1 aliphatic heterocycles. The third-order valence-electron chi connectivity index (χ3n) is 5.76. The Morgan fingerprint density at radius 1 is 1.27 bits per heavy atom. The lowest BCUT2D eigenvalue weighted by Gasteiger charge is -2.26. The summed E-state index contributed by atoms with van der Waals surface area (Å²) in [4.78, 5) is 33.7. The minimum Gasteiger partial charge on any atom is -0.476 e. The van der Waals surface area contributed by atoms with E-state index >= 15 is 0 Å². The number of carboxylic acid groups (broad SMARTS) is 1. The van der Waals surface area contributed by atoms with Gasteiger partial charge in [-0.05, 0) is 43.4 Å². The Morgan fingerprint density at radius 2 is 2.03 bits per heavy atom. The summed E-state index contributed by atoms with van der Waals surface area (Å²) in [7, 11) is 0. The van der Waals surface area contributed by atoms with Gasteiger partial charge in [-0.3, -0.25) is 4.79 Å². The van der Waals surface area contributed by atoms with Crippen LogP contribution in [0.3, 0.4) is 0 Å².